The van der Waals surface area contributed by atoms with Crippen LogP contribution in [-0.2, 0) is 4.79 Å². The minimum absolute atomic E-state index is 0.0596. The van der Waals surface area contributed by atoms with Gasteiger partial charge in [0.25, 0.3) is 5.89 Å². The Morgan fingerprint density at radius 2 is 1.86 bits per heavy atom. The van der Waals surface area contributed by atoms with Crippen LogP contribution in [0.3, 0.4) is 0 Å². The number of aromatic nitrogens is 4. The topological polar surface area (TPSA) is 106 Å². The molecule has 0 spiro atoms. The second-order valence-electron chi connectivity index (χ2n) is 6.81. The van der Waals surface area contributed by atoms with Crippen LogP contribution in [0, 0.1) is 0 Å². The van der Waals surface area contributed by atoms with Crippen molar-refractivity contribution in [2.24, 2.45) is 0 Å². The van der Waals surface area contributed by atoms with E-state index in [1.807, 2.05) is 32.0 Å². The average Bonchev–Trinajstić information content (AvgIpc) is 3.25. The predicted molar refractivity (Wildman–Crippen MR) is 106 cm³/mol. The molecule has 2 aromatic carbocycles. The van der Waals surface area contributed by atoms with E-state index in [0.717, 1.165) is 22.2 Å². The van der Waals surface area contributed by atoms with Gasteiger partial charge >= 0.3 is 5.69 Å². The largest absolute Gasteiger partial charge is 0.334 e. The summed E-state index contributed by atoms with van der Waals surface area (Å²) in [5, 5.41) is 6.76. The van der Waals surface area contributed by atoms with Gasteiger partial charge < -0.3 is 14.8 Å². The Balaban J connectivity index is 1.65. The fourth-order valence-corrected chi connectivity index (χ4v) is 3.14. The van der Waals surface area contributed by atoms with Crippen LogP contribution in [0.15, 0.2) is 51.8 Å². The van der Waals surface area contributed by atoms with E-state index in [-0.39, 0.29) is 17.6 Å². The molecule has 0 unspecified atom stereocenters. The van der Waals surface area contributed by atoms with Crippen LogP contribution in [0.5, 0.6) is 0 Å². The molecule has 0 saturated heterocycles. The van der Waals surface area contributed by atoms with Gasteiger partial charge in [-0.3, -0.25) is 9.36 Å². The molecule has 0 aliphatic carbocycles. The smallest absolute Gasteiger partial charge is 0.326 e. The lowest BCUT2D eigenvalue weighted by Gasteiger charge is -2.06. The van der Waals surface area contributed by atoms with E-state index in [2.05, 4.69) is 20.4 Å². The van der Waals surface area contributed by atoms with Crippen molar-refractivity contribution < 1.29 is 9.32 Å². The number of carbonyl (C=O) groups excluding carboxylic acids is 1. The Labute approximate surface area is 160 Å². The van der Waals surface area contributed by atoms with E-state index in [1.54, 1.807) is 28.8 Å². The van der Waals surface area contributed by atoms with E-state index in [0.29, 0.717) is 17.4 Å². The molecule has 8 heteroatoms. The molecule has 0 aliphatic heterocycles. The van der Waals surface area contributed by atoms with Crippen molar-refractivity contribution in [1.29, 1.82) is 0 Å². The quantitative estimate of drug-likeness (QED) is 0.565. The highest BCUT2D eigenvalue weighted by Gasteiger charge is 2.14. The summed E-state index contributed by atoms with van der Waals surface area (Å²) in [6, 6.07) is 12.8. The summed E-state index contributed by atoms with van der Waals surface area (Å²) >= 11 is 0. The van der Waals surface area contributed by atoms with Crippen LogP contribution < -0.4 is 11.0 Å². The first kappa shape index (κ1) is 17.7. The molecule has 2 heterocycles. The SMILES string of the molecule is CC(=O)Nc1ccc(-c2nc(-c3ccc4c(c3)[nH]c(=O)n4C(C)C)no2)cc1. The maximum Gasteiger partial charge on any atom is 0.326 e. The highest BCUT2D eigenvalue weighted by Crippen LogP contribution is 2.26. The molecule has 0 fully saturated rings. The first-order chi connectivity index (χ1) is 13.4. The monoisotopic (exact) mass is 377 g/mol. The van der Waals surface area contributed by atoms with Gasteiger partial charge in [-0.1, -0.05) is 5.16 Å². The van der Waals surface area contributed by atoms with Crippen LogP contribution >= 0.6 is 0 Å². The van der Waals surface area contributed by atoms with Gasteiger partial charge in [0, 0.05) is 29.8 Å². The van der Waals surface area contributed by atoms with Crippen molar-refractivity contribution in [3.8, 4) is 22.8 Å². The van der Waals surface area contributed by atoms with Crippen molar-refractivity contribution in [3.05, 3.63) is 52.9 Å². The fourth-order valence-electron chi connectivity index (χ4n) is 3.14. The summed E-state index contributed by atoms with van der Waals surface area (Å²) in [6.07, 6.45) is 0. The summed E-state index contributed by atoms with van der Waals surface area (Å²) in [6.45, 7) is 5.38. The van der Waals surface area contributed by atoms with Crippen molar-refractivity contribution in [1.82, 2.24) is 19.7 Å². The van der Waals surface area contributed by atoms with Gasteiger partial charge in [-0.15, -0.1) is 0 Å². The summed E-state index contributed by atoms with van der Waals surface area (Å²) in [7, 11) is 0. The third kappa shape index (κ3) is 3.20. The number of imidazole rings is 1. The summed E-state index contributed by atoms with van der Waals surface area (Å²) in [5.74, 6) is 0.672. The van der Waals surface area contributed by atoms with E-state index in [1.165, 1.54) is 6.92 Å². The van der Waals surface area contributed by atoms with Crippen molar-refractivity contribution >= 4 is 22.6 Å². The van der Waals surface area contributed by atoms with Crippen LogP contribution in [0.4, 0.5) is 5.69 Å². The van der Waals surface area contributed by atoms with Crippen LogP contribution in [0.1, 0.15) is 26.8 Å². The van der Waals surface area contributed by atoms with E-state index >= 15 is 0 Å². The number of nitrogens with one attached hydrogen (secondary N) is 2. The number of H-pyrrole nitrogens is 1. The molecule has 4 aromatic rings. The van der Waals surface area contributed by atoms with Gasteiger partial charge in [0.05, 0.1) is 11.0 Å². The number of hydrogen-bond donors (Lipinski definition) is 2. The van der Waals surface area contributed by atoms with Gasteiger partial charge in [0.15, 0.2) is 0 Å². The van der Waals surface area contributed by atoms with Crippen LogP contribution in [0.25, 0.3) is 33.9 Å². The number of rotatable bonds is 4. The van der Waals surface area contributed by atoms with Gasteiger partial charge in [-0.2, -0.15) is 4.98 Å². The summed E-state index contributed by atoms with van der Waals surface area (Å²) in [5.41, 5.74) is 3.60. The standard InChI is InChI=1S/C20H19N5O3/c1-11(2)25-17-9-6-14(10-16(17)22-20(25)27)18-23-19(28-24-18)13-4-7-15(8-5-13)21-12(3)26/h4-11H,1-3H3,(H,21,26)(H,22,27). The van der Waals surface area contributed by atoms with E-state index in [9.17, 15) is 9.59 Å². The minimum atomic E-state index is -0.143. The lowest BCUT2D eigenvalue weighted by atomic mass is 10.1. The molecule has 2 N–H and O–H groups in total. The number of hydrogen-bond acceptors (Lipinski definition) is 5. The number of carbonyl (C=O) groups is 1. The Morgan fingerprint density at radius 1 is 1.14 bits per heavy atom. The summed E-state index contributed by atoms with van der Waals surface area (Å²) in [4.78, 5) is 30.6. The van der Waals surface area contributed by atoms with Crippen LogP contribution in [-0.4, -0.2) is 25.6 Å². The molecule has 4 rings (SSSR count). The second kappa shape index (κ2) is 6.80. The minimum Gasteiger partial charge on any atom is -0.334 e. The molecule has 28 heavy (non-hydrogen) atoms. The molecule has 1 amide bonds. The molecule has 0 aliphatic rings. The zero-order valence-corrected chi connectivity index (χ0v) is 15.7. The number of nitrogens with zero attached hydrogens (tertiary/aromatic N) is 3. The maximum absolute atomic E-state index is 12.1. The van der Waals surface area contributed by atoms with E-state index in [4.69, 9.17) is 4.52 Å². The van der Waals surface area contributed by atoms with Gasteiger partial charge in [0.2, 0.25) is 11.7 Å². The third-order valence-corrected chi connectivity index (χ3v) is 4.37. The van der Waals surface area contributed by atoms with E-state index < -0.39 is 0 Å². The highest BCUT2D eigenvalue weighted by molar-refractivity contribution is 5.88. The number of fused-ring (bicyclic) bond motifs is 1. The molecule has 0 bridgehead atoms. The normalized spacial score (nSPS) is 11.3. The maximum atomic E-state index is 12.1. The first-order valence-corrected chi connectivity index (χ1v) is 8.89. The molecule has 2 aromatic heterocycles. The lowest BCUT2D eigenvalue weighted by molar-refractivity contribution is -0.114. The molecular formula is C20H19N5O3. The summed E-state index contributed by atoms with van der Waals surface area (Å²) < 4.78 is 7.09. The number of anilines is 1. The Hall–Kier alpha value is -3.68. The fraction of sp³-hybridized carbons (Fsp3) is 0.200. The zero-order valence-electron chi connectivity index (χ0n) is 15.7. The zero-order chi connectivity index (χ0) is 19.8. The molecule has 0 saturated carbocycles. The molecule has 8 nitrogen and oxygen atoms in total. The first-order valence-electron chi connectivity index (χ1n) is 8.89. The average molecular weight is 377 g/mol. The van der Waals surface area contributed by atoms with Gasteiger partial charge in [-0.05, 0) is 56.3 Å². The molecule has 0 atom stereocenters. The highest BCUT2D eigenvalue weighted by atomic mass is 16.5. The molecule has 0 radical (unpaired) electrons. The lowest BCUT2D eigenvalue weighted by Crippen LogP contribution is -2.18. The van der Waals surface area contributed by atoms with Crippen molar-refractivity contribution in [2.45, 2.75) is 26.8 Å². The molecule has 142 valence electrons. The van der Waals surface area contributed by atoms with Crippen LogP contribution in [0.2, 0.25) is 0 Å². The number of aromatic amines is 1. The van der Waals surface area contributed by atoms with Gasteiger partial charge in [0.1, 0.15) is 0 Å². The van der Waals surface area contributed by atoms with Crippen molar-refractivity contribution in [2.75, 3.05) is 5.32 Å². The Kier molecular flexibility index (Phi) is 4.31. The Bertz CT molecular complexity index is 1210. The van der Waals surface area contributed by atoms with Crippen molar-refractivity contribution in [3.63, 3.8) is 0 Å². The Morgan fingerprint density at radius 3 is 2.54 bits per heavy atom. The predicted octanol–water partition coefficient (Wildman–Crippen LogP) is 3.59. The van der Waals surface area contributed by atoms with Gasteiger partial charge in [-0.25, -0.2) is 4.79 Å². The molecular weight excluding hydrogens is 358 g/mol. The number of amides is 1. The number of benzene rings is 2. The third-order valence-electron chi connectivity index (χ3n) is 4.37. The second-order valence-corrected chi connectivity index (χ2v) is 6.81.